The minimum Gasteiger partial charge on any atom is -0.497 e. The molecule has 1 unspecified atom stereocenters. The van der Waals surface area contributed by atoms with Crippen LogP contribution in [0.15, 0.2) is 24.3 Å². The molecule has 1 aliphatic rings. The largest absolute Gasteiger partial charge is 0.497 e. The van der Waals surface area contributed by atoms with E-state index in [2.05, 4.69) is 4.74 Å². The minimum atomic E-state index is -4.51. The highest BCUT2D eigenvalue weighted by molar-refractivity contribution is 5.68. The Bertz CT molecular complexity index is 504. The number of amides is 1. The van der Waals surface area contributed by atoms with Gasteiger partial charge in [0.25, 0.3) is 0 Å². The van der Waals surface area contributed by atoms with Crippen LogP contribution in [0.1, 0.15) is 24.4 Å². The maximum absolute atomic E-state index is 12.1. The molecule has 0 N–H and O–H groups in total. The zero-order valence-corrected chi connectivity index (χ0v) is 11.5. The number of alkyl halides is 3. The van der Waals surface area contributed by atoms with E-state index in [4.69, 9.17) is 4.74 Å². The van der Waals surface area contributed by atoms with Gasteiger partial charge in [0.1, 0.15) is 5.75 Å². The maximum Gasteiger partial charge on any atom is 0.422 e. The van der Waals surface area contributed by atoms with Crippen LogP contribution in [0.2, 0.25) is 0 Å². The van der Waals surface area contributed by atoms with E-state index in [1.807, 2.05) is 6.07 Å². The van der Waals surface area contributed by atoms with Crippen LogP contribution in [0.4, 0.5) is 18.0 Å². The molecule has 1 aromatic carbocycles. The Hall–Kier alpha value is -1.92. The second-order valence-corrected chi connectivity index (χ2v) is 4.80. The van der Waals surface area contributed by atoms with Gasteiger partial charge >= 0.3 is 12.3 Å². The van der Waals surface area contributed by atoms with Gasteiger partial charge in [0.2, 0.25) is 0 Å². The van der Waals surface area contributed by atoms with Crippen molar-refractivity contribution < 1.29 is 27.4 Å². The highest BCUT2D eigenvalue weighted by atomic mass is 19.4. The van der Waals surface area contributed by atoms with E-state index in [1.165, 1.54) is 12.0 Å². The summed E-state index contributed by atoms with van der Waals surface area (Å²) < 4.78 is 45.8. The Kier molecular flexibility index (Phi) is 4.59. The Labute approximate surface area is 120 Å². The highest BCUT2D eigenvalue weighted by Gasteiger charge is 2.35. The Morgan fingerprint density at radius 2 is 2.19 bits per heavy atom. The summed E-state index contributed by atoms with van der Waals surface area (Å²) in [5.41, 5.74) is 0.829. The van der Waals surface area contributed by atoms with Crippen molar-refractivity contribution in [3.8, 4) is 5.75 Å². The van der Waals surface area contributed by atoms with Crippen LogP contribution >= 0.6 is 0 Å². The molecule has 116 valence electrons. The third-order valence-electron chi connectivity index (χ3n) is 3.33. The van der Waals surface area contributed by atoms with Gasteiger partial charge in [-0.15, -0.1) is 0 Å². The number of benzene rings is 1. The molecule has 4 nitrogen and oxygen atoms in total. The van der Waals surface area contributed by atoms with E-state index in [0.29, 0.717) is 18.7 Å². The van der Waals surface area contributed by atoms with Gasteiger partial charge in [0, 0.05) is 6.54 Å². The van der Waals surface area contributed by atoms with Gasteiger partial charge in [-0.25, -0.2) is 4.79 Å². The number of methoxy groups -OCH3 is 1. The number of carbonyl (C=O) groups excluding carboxylic acids is 1. The Balaban J connectivity index is 2.07. The number of rotatable bonds is 3. The van der Waals surface area contributed by atoms with Crippen LogP contribution in [0, 0.1) is 0 Å². The van der Waals surface area contributed by atoms with Crippen molar-refractivity contribution in [1.29, 1.82) is 0 Å². The average molecular weight is 303 g/mol. The first-order chi connectivity index (χ1) is 9.90. The summed E-state index contributed by atoms with van der Waals surface area (Å²) in [5, 5.41) is 0. The molecule has 0 saturated carbocycles. The molecule has 1 heterocycles. The number of ether oxygens (including phenoxy) is 2. The molecule has 1 amide bonds. The standard InChI is InChI=1S/C14H16F3NO3/c1-20-11-5-2-4-10(8-11)12-6-3-7-18(12)13(19)21-9-14(15,16)17/h2,4-5,8,12H,3,6-7,9H2,1H3. The van der Waals surface area contributed by atoms with E-state index in [0.717, 1.165) is 12.0 Å². The second kappa shape index (κ2) is 6.24. The summed E-state index contributed by atoms with van der Waals surface area (Å²) in [5.74, 6) is 0.642. The lowest BCUT2D eigenvalue weighted by atomic mass is 10.0. The van der Waals surface area contributed by atoms with E-state index < -0.39 is 18.9 Å². The SMILES string of the molecule is COc1cccc(C2CCCN2C(=O)OCC(F)(F)F)c1. The van der Waals surface area contributed by atoms with Crippen molar-refractivity contribution in [3.63, 3.8) is 0 Å². The van der Waals surface area contributed by atoms with Crippen molar-refractivity contribution in [2.45, 2.75) is 25.1 Å². The molecule has 1 aromatic rings. The number of likely N-dealkylation sites (tertiary alicyclic amines) is 1. The summed E-state index contributed by atoms with van der Waals surface area (Å²) in [6.45, 7) is -1.17. The van der Waals surface area contributed by atoms with Crippen molar-refractivity contribution in [1.82, 2.24) is 4.90 Å². The molecular weight excluding hydrogens is 287 g/mol. The number of carbonyl (C=O) groups is 1. The molecule has 2 rings (SSSR count). The zero-order valence-electron chi connectivity index (χ0n) is 11.5. The first-order valence-corrected chi connectivity index (χ1v) is 6.55. The number of hydrogen-bond acceptors (Lipinski definition) is 3. The van der Waals surface area contributed by atoms with Crippen molar-refractivity contribution in [3.05, 3.63) is 29.8 Å². The maximum atomic E-state index is 12.1. The molecule has 0 aromatic heterocycles. The van der Waals surface area contributed by atoms with Crippen molar-refractivity contribution in [2.75, 3.05) is 20.3 Å². The average Bonchev–Trinajstić information content (AvgIpc) is 2.93. The Morgan fingerprint density at radius 3 is 2.86 bits per heavy atom. The summed E-state index contributed by atoms with van der Waals surface area (Å²) in [7, 11) is 1.53. The number of halogens is 3. The number of hydrogen-bond donors (Lipinski definition) is 0. The summed E-state index contributed by atoms with van der Waals surface area (Å²) >= 11 is 0. The molecule has 1 aliphatic heterocycles. The second-order valence-electron chi connectivity index (χ2n) is 4.80. The first-order valence-electron chi connectivity index (χ1n) is 6.55. The van der Waals surface area contributed by atoms with Crippen LogP contribution in [0.5, 0.6) is 5.75 Å². The highest BCUT2D eigenvalue weighted by Crippen LogP contribution is 2.34. The summed E-state index contributed by atoms with van der Waals surface area (Å²) in [6, 6.07) is 6.87. The van der Waals surface area contributed by atoms with E-state index in [1.54, 1.807) is 18.2 Å². The van der Waals surface area contributed by atoms with Crippen LogP contribution in [-0.2, 0) is 4.74 Å². The van der Waals surface area contributed by atoms with Crippen LogP contribution in [0.25, 0.3) is 0 Å². The molecular formula is C14H16F3NO3. The minimum absolute atomic E-state index is 0.277. The molecule has 0 spiro atoms. The molecule has 7 heteroatoms. The fourth-order valence-corrected chi connectivity index (χ4v) is 2.41. The van der Waals surface area contributed by atoms with Crippen molar-refractivity contribution in [2.24, 2.45) is 0 Å². The van der Waals surface area contributed by atoms with E-state index in [-0.39, 0.29) is 6.04 Å². The smallest absolute Gasteiger partial charge is 0.422 e. The van der Waals surface area contributed by atoms with Gasteiger partial charge < -0.3 is 14.4 Å². The predicted molar refractivity (Wildman–Crippen MR) is 69.1 cm³/mol. The van der Waals surface area contributed by atoms with Gasteiger partial charge in [-0.1, -0.05) is 12.1 Å². The third-order valence-corrected chi connectivity index (χ3v) is 3.33. The fourth-order valence-electron chi connectivity index (χ4n) is 2.41. The van der Waals surface area contributed by atoms with Crippen LogP contribution in [0.3, 0.4) is 0 Å². The monoisotopic (exact) mass is 303 g/mol. The van der Waals surface area contributed by atoms with Gasteiger partial charge in [-0.2, -0.15) is 13.2 Å². The number of nitrogens with zero attached hydrogens (tertiary/aromatic N) is 1. The molecule has 0 bridgehead atoms. The molecule has 21 heavy (non-hydrogen) atoms. The quantitative estimate of drug-likeness (QED) is 0.857. The normalized spacial score (nSPS) is 18.7. The van der Waals surface area contributed by atoms with Gasteiger partial charge in [-0.3, -0.25) is 0 Å². The van der Waals surface area contributed by atoms with Crippen LogP contribution in [-0.4, -0.2) is 37.4 Å². The predicted octanol–water partition coefficient (Wildman–Crippen LogP) is 3.53. The van der Waals surface area contributed by atoms with Gasteiger partial charge in [-0.05, 0) is 30.5 Å². The summed E-state index contributed by atoms with van der Waals surface area (Å²) in [6.07, 6.45) is -4.03. The first kappa shape index (κ1) is 15.5. The zero-order chi connectivity index (χ0) is 15.5. The fraction of sp³-hybridized carbons (Fsp3) is 0.500. The van der Waals surface area contributed by atoms with E-state index in [9.17, 15) is 18.0 Å². The third kappa shape index (κ3) is 4.03. The lowest BCUT2D eigenvalue weighted by Gasteiger charge is -2.24. The molecule has 1 atom stereocenters. The Morgan fingerprint density at radius 1 is 1.43 bits per heavy atom. The van der Waals surface area contributed by atoms with Crippen LogP contribution < -0.4 is 4.74 Å². The molecule has 0 aliphatic carbocycles. The summed E-state index contributed by atoms with van der Waals surface area (Å²) in [4.78, 5) is 13.1. The lowest BCUT2D eigenvalue weighted by molar-refractivity contribution is -0.162. The van der Waals surface area contributed by atoms with E-state index >= 15 is 0 Å². The molecule has 1 fully saturated rings. The van der Waals surface area contributed by atoms with Crippen molar-refractivity contribution >= 4 is 6.09 Å². The lowest BCUT2D eigenvalue weighted by Crippen LogP contribution is -2.33. The topological polar surface area (TPSA) is 38.8 Å². The van der Waals surface area contributed by atoms with Gasteiger partial charge in [0.15, 0.2) is 6.61 Å². The van der Waals surface area contributed by atoms with Gasteiger partial charge in [0.05, 0.1) is 13.2 Å². The molecule has 1 saturated heterocycles. The molecule has 0 radical (unpaired) electrons.